The Morgan fingerprint density at radius 3 is 2.75 bits per heavy atom. The standard InChI is InChI=1S/C9H15N3O3S/c1-12-8(6-13)10-11-9(12)7-4-2-3-5-16(7,14)15/h7,13H,2-6H2,1H3. The normalized spacial score (nSPS) is 24.5. The highest BCUT2D eigenvalue weighted by molar-refractivity contribution is 7.91. The molecule has 90 valence electrons. The molecular weight excluding hydrogens is 230 g/mol. The van der Waals surface area contributed by atoms with E-state index in [9.17, 15) is 8.42 Å². The second-order valence-corrected chi connectivity index (χ2v) is 6.35. The summed E-state index contributed by atoms with van der Waals surface area (Å²) < 4.78 is 25.4. The van der Waals surface area contributed by atoms with Crippen molar-refractivity contribution >= 4 is 9.84 Å². The Morgan fingerprint density at radius 1 is 1.44 bits per heavy atom. The predicted molar refractivity (Wildman–Crippen MR) is 57.3 cm³/mol. The summed E-state index contributed by atoms with van der Waals surface area (Å²) in [6.07, 6.45) is 2.22. The number of aromatic nitrogens is 3. The van der Waals surface area contributed by atoms with Crippen LogP contribution in [0.25, 0.3) is 0 Å². The van der Waals surface area contributed by atoms with E-state index >= 15 is 0 Å². The molecule has 1 aliphatic heterocycles. The van der Waals surface area contributed by atoms with Gasteiger partial charge in [0.05, 0.1) is 5.75 Å². The second-order valence-electron chi connectivity index (χ2n) is 4.04. The van der Waals surface area contributed by atoms with Crippen LogP contribution in [0.15, 0.2) is 0 Å². The highest BCUT2D eigenvalue weighted by atomic mass is 32.2. The Labute approximate surface area is 94.2 Å². The zero-order valence-corrected chi connectivity index (χ0v) is 9.94. The van der Waals surface area contributed by atoms with Gasteiger partial charge >= 0.3 is 0 Å². The third-order valence-corrected chi connectivity index (χ3v) is 5.18. The van der Waals surface area contributed by atoms with Gasteiger partial charge in [0.2, 0.25) is 0 Å². The monoisotopic (exact) mass is 245 g/mol. The molecule has 1 fully saturated rings. The third-order valence-electron chi connectivity index (χ3n) is 3.01. The summed E-state index contributed by atoms with van der Waals surface area (Å²) in [4.78, 5) is 0. The van der Waals surface area contributed by atoms with Crippen LogP contribution in [0.4, 0.5) is 0 Å². The lowest BCUT2D eigenvalue weighted by molar-refractivity contribution is 0.266. The van der Waals surface area contributed by atoms with Gasteiger partial charge in [-0.25, -0.2) is 8.42 Å². The van der Waals surface area contributed by atoms with E-state index in [0.29, 0.717) is 18.1 Å². The minimum atomic E-state index is -3.10. The first-order chi connectivity index (χ1) is 7.56. The number of aliphatic hydroxyl groups excluding tert-OH is 1. The lowest BCUT2D eigenvalue weighted by Gasteiger charge is -2.21. The number of rotatable bonds is 2. The molecule has 6 nitrogen and oxygen atoms in total. The molecule has 1 unspecified atom stereocenters. The second kappa shape index (κ2) is 4.14. The van der Waals surface area contributed by atoms with Crippen LogP contribution >= 0.6 is 0 Å². The van der Waals surface area contributed by atoms with Gasteiger partial charge in [0, 0.05) is 7.05 Å². The molecule has 1 N–H and O–H groups in total. The third kappa shape index (κ3) is 1.84. The Kier molecular flexibility index (Phi) is 2.98. The first-order valence-electron chi connectivity index (χ1n) is 5.27. The summed E-state index contributed by atoms with van der Waals surface area (Å²) >= 11 is 0. The van der Waals surface area contributed by atoms with Crippen molar-refractivity contribution in [2.45, 2.75) is 31.1 Å². The molecule has 1 aromatic rings. The average molecular weight is 245 g/mol. The topological polar surface area (TPSA) is 85.1 Å². The molecule has 1 aromatic heterocycles. The van der Waals surface area contributed by atoms with Crippen LogP contribution in [-0.4, -0.2) is 34.0 Å². The van der Waals surface area contributed by atoms with Crippen molar-refractivity contribution in [3.05, 3.63) is 11.6 Å². The fraction of sp³-hybridized carbons (Fsp3) is 0.778. The maximum absolute atomic E-state index is 11.9. The zero-order chi connectivity index (χ0) is 11.8. The minimum absolute atomic E-state index is 0.221. The Bertz CT molecular complexity index is 480. The lowest BCUT2D eigenvalue weighted by atomic mass is 10.2. The van der Waals surface area contributed by atoms with Crippen molar-refractivity contribution in [2.75, 3.05) is 5.75 Å². The van der Waals surface area contributed by atoms with E-state index in [1.54, 1.807) is 11.6 Å². The first kappa shape index (κ1) is 11.5. The summed E-state index contributed by atoms with van der Waals surface area (Å²) in [5.41, 5.74) is 0. The lowest BCUT2D eigenvalue weighted by Crippen LogP contribution is -2.24. The van der Waals surface area contributed by atoms with E-state index in [4.69, 9.17) is 5.11 Å². The smallest absolute Gasteiger partial charge is 0.160 e. The van der Waals surface area contributed by atoms with Crippen LogP contribution in [0, 0.1) is 0 Å². The maximum atomic E-state index is 11.9. The largest absolute Gasteiger partial charge is 0.388 e. The summed E-state index contributed by atoms with van der Waals surface area (Å²) in [5.74, 6) is 1.07. The molecule has 16 heavy (non-hydrogen) atoms. The van der Waals surface area contributed by atoms with Crippen LogP contribution in [0.3, 0.4) is 0 Å². The molecule has 0 radical (unpaired) electrons. The Balaban J connectivity index is 2.39. The van der Waals surface area contributed by atoms with E-state index in [2.05, 4.69) is 10.2 Å². The van der Waals surface area contributed by atoms with Crippen LogP contribution in [0.2, 0.25) is 0 Å². The van der Waals surface area contributed by atoms with Gasteiger partial charge in [-0.3, -0.25) is 0 Å². The number of sulfone groups is 1. The molecule has 0 aliphatic carbocycles. The first-order valence-corrected chi connectivity index (χ1v) is 6.98. The van der Waals surface area contributed by atoms with Crippen molar-refractivity contribution in [1.29, 1.82) is 0 Å². The molecule has 2 rings (SSSR count). The van der Waals surface area contributed by atoms with Gasteiger partial charge in [-0.1, -0.05) is 6.42 Å². The molecule has 0 aromatic carbocycles. The van der Waals surface area contributed by atoms with Crippen molar-refractivity contribution < 1.29 is 13.5 Å². The van der Waals surface area contributed by atoms with Crippen molar-refractivity contribution in [1.82, 2.24) is 14.8 Å². The summed E-state index contributed by atoms with van der Waals surface area (Å²) in [6, 6.07) is 0. The molecule has 7 heteroatoms. The average Bonchev–Trinajstić information content (AvgIpc) is 2.59. The van der Waals surface area contributed by atoms with Gasteiger partial charge in [-0.15, -0.1) is 10.2 Å². The Hall–Kier alpha value is -0.950. The van der Waals surface area contributed by atoms with Gasteiger partial charge in [-0.2, -0.15) is 0 Å². The van der Waals surface area contributed by atoms with Crippen molar-refractivity contribution in [3.63, 3.8) is 0 Å². The van der Waals surface area contributed by atoms with E-state index in [1.807, 2.05) is 0 Å². The quantitative estimate of drug-likeness (QED) is 0.789. The van der Waals surface area contributed by atoms with Crippen molar-refractivity contribution in [3.8, 4) is 0 Å². The van der Waals surface area contributed by atoms with E-state index < -0.39 is 15.1 Å². The van der Waals surface area contributed by atoms with Crippen molar-refractivity contribution in [2.24, 2.45) is 7.05 Å². The van der Waals surface area contributed by atoms with Crippen LogP contribution in [0.5, 0.6) is 0 Å². The van der Waals surface area contributed by atoms with Gasteiger partial charge in [-0.05, 0) is 12.8 Å². The highest BCUT2D eigenvalue weighted by Gasteiger charge is 2.34. The van der Waals surface area contributed by atoms with Crippen LogP contribution in [0.1, 0.15) is 36.2 Å². The van der Waals surface area contributed by atoms with E-state index in [0.717, 1.165) is 12.8 Å². The minimum Gasteiger partial charge on any atom is -0.388 e. The molecule has 1 aliphatic rings. The molecule has 0 saturated carbocycles. The molecule has 0 amide bonds. The van der Waals surface area contributed by atoms with E-state index in [-0.39, 0.29) is 12.4 Å². The Morgan fingerprint density at radius 2 is 2.19 bits per heavy atom. The number of hydrogen-bond acceptors (Lipinski definition) is 5. The van der Waals surface area contributed by atoms with Crippen LogP contribution in [-0.2, 0) is 23.5 Å². The molecule has 1 atom stereocenters. The van der Waals surface area contributed by atoms with Gasteiger partial charge in [0.15, 0.2) is 21.5 Å². The zero-order valence-electron chi connectivity index (χ0n) is 9.13. The fourth-order valence-electron chi connectivity index (χ4n) is 2.04. The van der Waals surface area contributed by atoms with Gasteiger partial charge in [0.1, 0.15) is 11.9 Å². The molecular formula is C9H15N3O3S. The molecule has 1 saturated heterocycles. The summed E-state index contributed by atoms with van der Waals surface area (Å²) in [7, 11) is -1.41. The van der Waals surface area contributed by atoms with Gasteiger partial charge < -0.3 is 9.67 Å². The fourth-order valence-corrected chi connectivity index (χ4v) is 3.98. The molecule has 2 heterocycles. The number of aliphatic hydroxyl groups is 1. The SMILES string of the molecule is Cn1c(CO)nnc1C1CCCCS1(=O)=O. The highest BCUT2D eigenvalue weighted by Crippen LogP contribution is 2.32. The predicted octanol–water partition coefficient (Wildman–Crippen LogP) is -0.0528. The van der Waals surface area contributed by atoms with Gasteiger partial charge in [0.25, 0.3) is 0 Å². The molecule has 0 spiro atoms. The summed E-state index contributed by atoms with van der Waals surface area (Å²) in [5, 5.41) is 16.1. The number of hydrogen-bond donors (Lipinski definition) is 1. The van der Waals surface area contributed by atoms with Crippen LogP contribution < -0.4 is 0 Å². The number of nitrogens with zero attached hydrogens (tertiary/aromatic N) is 3. The van der Waals surface area contributed by atoms with E-state index in [1.165, 1.54) is 0 Å². The molecule has 0 bridgehead atoms. The summed E-state index contributed by atoms with van der Waals surface area (Å²) in [6.45, 7) is -0.226. The maximum Gasteiger partial charge on any atom is 0.160 e.